The van der Waals surface area contributed by atoms with Gasteiger partial charge in [0.05, 0.1) is 6.10 Å². The van der Waals surface area contributed by atoms with Crippen molar-refractivity contribution in [2.24, 2.45) is 11.1 Å². The highest BCUT2D eigenvalue weighted by molar-refractivity contribution is 5.85. The number of phenolic OH excluding ortho intramolecular Hbond substituents is 2. The fourth-order valence-corrected chi connectivity index (χ4v) is 1.53. The van der Waals surface area contributed by atoms with Crippen LogP contribution < -0.4 is 5.73 Å². The molecule has 0 amide bonds. The van der Waals surface area contributed by atoms with E-state index in [9.17, 15) is 10.2 Å². The average molecular weight is 276 g/mol. The molecule has 0 saturated heterocycles. The van der Waals surface area contributed by atoms with Crippen LogP contribution in [0.3, 0.4) is 0 Å². The molecule has 0 heterocycles. The predicted octanol–water partition coefficient (Wildman–Crippen LogP) is 2.32. The van der Waals surface area contributed by atoms with Crippen molar-refractivity contribution >= 4 is 12.4 Å². The largest absolute Gasteiger partial charge is 0.508 e. The Bertz CT molecular complexity index is 390. The van der Waals surface area contributed by atoms with E-state index in [1.54, 1.807) is 0 Å². The van der Waals surface area contributed by atoms with Gasteiger partial charge in [0, 0.05) is 17.7 Å². The molecule has 1 aromatic carbocycles. The van der Waals surface area contributed by atoms with Gasteiger partial charge in [-0.3, -0.25) is 0 Å². The van der Waals surface area contributed by atoms with E-state index in [4.69, 9.17) is 10.8 Å². The third-order valence-corrected chi connectivity index (χ3v) is 2.96. The highest BCUT2D eigenvalue weighted by Crippen LogP contribution is 2.32. The van der Waals surface area contributed by atoms with Crippen LogP contribution >= 0.6 is 12.4 Å². The molecule has 2 atom stereocenters. The molecular weight excluding hydrogens is 254 g/mol. The molecule has 0 unspecified atom stereocenters. The van der Waals surface area contributed by atoms with E-state index in [1.165, 1.54) is 18.2 Å². The maximum atomic E-state index is 10.0. The number of halogens is 1. The van der Waals surface area contributed by atoms with E-state index < -0.39 is 6.10 Å². The van der Waals surface area contributed by atoms with E-state index in [1.807, 2.05) is 20.8 Å². The lowest BCUT2D eigenvalue weighted by Crippen LogP contribution is -2.36. The van der Waals surface area contributed by atoms with Crippen LogP contribution in [0.4, 0.5) is 0 Å². The number of hydrogen-bond acceptors (Lipinski definition) is 4. The van der Waals surface area contributed by atoms with Crippen molar-refractivity contribution in [2.75, 3.05) is 0 Å². The maximum Gasteiger partial charge on any atom is 0.125 e. The number of aliphatic hydroxyl groups excluding tert-OH is 1. The van der Waals surface area contributed by atoms with Gasteiger partial charge in [-0.25, -0.2) is 0 Å². The molecule has 0 fully saturated rings. The summed E-state index contributed by atoms with van der Waals surface area (Å²) in [6.45, 7) is 6.00. The predicted molar refractivity (Wildman–Crippen MR) is 74.0 cm³/mol. The summed E-state index contributed by atoms with van der Waals surface area (Å²) in [6.07, 6.45) is -0.466. The first kappa shape index (κ1) is 17.0. The van der Waals surface area contributed by atoms with Crippen LogP contribution in [0.1, 0.15) is 38.9 Å². The van der Waals surface area contributed by atoms with Crippen molar-refractivity contribution in [1.29, 1.82) is 0 Å². The number of phenols is 2. The van der Waals surface area contributed by atoms with E-state index in [0.29, 0.717) is 12.0 Å². The Morgan fingerprint density at radius 3 is 2.22 bits per heavy atom. The van der Waals surface area contributed by atoms with Crippen molar-refractivity contribution in [3.05, 3.63) is 23.8 Å². The van der Waals surface area contributed by atoms with Gasteiger partial charge in [-0.2, -0.15) is 0 Å². The quantitative estimate of drug-likeness (QED) is 0.682. The third kappa shape index (κ3) is 4.37. The summed E-state index contributed by atoms with van der Waals surface area (Å²) in [5.74, 6) is -0.142. The van der Waals surface area contributed by atoms with E-state index in [-0.39, 0.29) is 35.4 Å². The fourth-order valence-electron chi connectivity index (χ4n) is 1.53. The maximum absolute atomic E-state index is 10.0. The first-order valence-electron chi connectivity index (χ1n) is 5.67. The summed E-state index contributed by atoms with van der Waals surface area (Å²) in [5.41, 5.74) is 6.27. The smallest absolute Gasteiger partial charge is 0.125 e. The summed E-state index contributed by atoms with van der Waals surface area (Å²) in [4.78, 5) is 0. The van der Waals surface area contributed by atoms with Gasteiger partial charge in [-0.1, -0.05) is 20.8 Å². The van der Waals surface area contributed by atoms with Gasteiger partial charge in [-0.15, -0.1) is 12.4 Å². The van der Waals surface area contributed by atoms with Crippen molar-refractivity contribution in [3.63, 3.8) is 0 Å². The number of aromatic hydroxyl groups is 2. The zero-order chi connectivity index (χ0) is 13.2. The molecule has 1 rings (SSSR count). The van der Waals surface area contributed by atoms with Crippen LogP contribution in [0.15, 0.2) is 18.2 Å². The summed E-state index contributed by atoms with van der Waals surface area (Å²) < 4.78 is 0. The molecule has 0 aromatic heterocycles. The second-order valence-electron chi connectivity index (χ2n) is 5.47. The summed E-state index contributed by atoms with van der Waals surface area (Å²) in [5, 5.41) is 28.8. The normalized spacial score (nSPS) is 14.7. The molecule has 0 saturated carbocycles. The standard InChI is InChI=1S/C13H21NO3.ClH/c1-13(2,3)12(14)7-11(17)9-5-4-8(15)6-10(9)16;/h4-6,11-12,15-17H,7,14H2,1-3H3;1H/t11-,12+;/m1./s1. The van der Waals surface area contributed by atoms with Crippen LogP contribution in [0, 0.1) is 5.41 Å². The third-order valence-electron chi connectivity index (χ3n) is 2.96. The molecule has 0 radical (unpaired) electrons. The Kier molecular flexibility index (Phi) is 5.93. The monoisotopic (exact) mass is 275 g/mol. The second-order valence-corrected chi connectivity index (χ2v) is 5.47. The number of rotatable bonds is 3. The van der Waals surface area contributed by atoms with Gasteiger partial charge in [0.25, 0.3) is 0 Å². The molecule has 104 valence electrons. The van der Waals surface area contributed by atoms with Gasteiger partial charge in [0.2, 0.25) is 0 Å². The fraction of sp³-hybridized carbons (Fsp3) is 0.538. The zero-order valence-corrected chi connectivity index (χ0v) is 11.7. The second kappa shape index (κ2) is 6.27. The highest BCUT2D eigenvalue weighted by atomic mass is 35.5. The minimum absolute atomic E-state index is 0. The molecule has 0 bridgehead atoms. The average Bonchev–Trinajstić information content (AvgIpc) is 2.15. The Balaban J connectivity index is 0.00000289. The lowest BCUT2D eigenvalue weighted by molar-refractivity contribution is 0.130. The van der Waals surface area contributed by atoms with Gasteiger partial charge >= 0.3 is 0 Å². The zero-order valence-electron chi connectivity index (χ0n) is 10.9. The number of nitrogens with two attached hydrogens (primary N) is 1. The summed E-state index contributed by atoms with van der Waals surface area (Å²) in [7, 11) is 0. The lowest BCUT2D eigenvalue weighted by atomic mass is 9.83. The van der Waals surface area contributed by atoms with Gasteiger partial charge in [0.15, 0.2) is 0 Å². The highest BCUT2D eigenvalue weighted by Gasteiger charge is 2.25. The molecule has 0 aliphatic rings. The molecule has 0 aliphatic carbocycles. The first-order chi connectivity index (χ1) is 7.71. The van der Waals surface area contributed by atoms with Crippen molar-refractivity contribution < 1.29 is 15.3 Å². The van der Waals surface area contributed by atoms with Crippen molar-refractivity contribution in [1.82, 2.24) is 0 Å². The molecule has 5 heteroatoms. The Morgan fingerprint density at radius 2 is 1.78 bits per heavy atom. The molecular formula is C13H22ClNO3. The topological polar surface area (TPSA) is 86.7 Å². The minimum Gasteiger partial charge on any atom is -0.508 e. The first-order valence-corrected chi connectivity index (χ1v) is 5.67. The van der Waals surface area contributed by atoms with Gasteiger partial charge in [0.1, 0.15) is 11.5 Å². The van der Waals surface area contributed by atoms with E-state index in [2.05, 4.69) is 0 Å². The SMILES string of the molecule is CC(C)(C)[C@@H](N)C[C@@H](O)c1ccc(O)cc1O.Cl. The molecule has 5 N–H and O–H groups in total. The molecule has 1 aromatic rings. The Morgan fingerprint density at radius 1 is 1.22 bits per heavy atom. The van der Waals surface area contributed by atoms with Crippen LogP contribution in [0.2, 0.25) is 0 Å². The minimum atomic E-state index is -0.829. The molecule has 0 aliphatic heterocycles. The van der Waals surface area contributed by atoms with Crippen LogP contribution in [0.5, 0.6) is 11.5 Å². The lowest BCUT2D eigenvalue weighted by Gasteiger charge is -2.29. The summed E-state index contributed by atoms with van der Waals surface area (Å²) in [6, 6.07) is 3.97. The van der Waals surface area contributed by atoms with Gasteiger partial charge in [-0.05, 0) is 24.0 Å². The van der Waals surface area contributed by atoms with Crippen LogP contribution in [-0.4, -0.2) is 21.4 Å². The van der Waals surface area contributed by atoms with Crippen LogP contribution in [-0.2, 0) is 0 Å². The Labute approximate surface area is 114 Å². The summed E-state index contributed by atoms with van der Waals surface area (Å²) >= 11 is 0. The molecule has 4 nitrogen and oxygen atoms in total. The number of aliphatic hydroxyl groups is 1. The van der Waals surface area contributed by atoms with Gasteiger partial charge < -0.3 is 21.1 Å². The molecule has 18 heavy (non-hydrogen) atoms. The Hall–Kier alpha value is -0.970. The number of hydrogen-bond donors (Lipinski definition) is 4. The van der Waals surface area contributed by atoms with E-state index >= 15 is 0 Å². The number of benzene rings is 1. The van der Waals surface area contributed by atoms with Crippen LogP contribution in [0.25, 0.3) is 0 Å². The van der Waals surface area contributed by atoms with Crippen molar-refractivity contribution in [2.45, 2.75) is 39.3 Å². The van der Waals surface area contributed by atoms with E-state index in [0.717, 1.165) is 0 Å². The molecule has 0 spiro atoms. The van der Waals surface area contributed by atoms with Crippen molar-refractivity contribution in [3.8, 4) is 11.5 Å².